The normalized spacial score (nSPS) is 25.4. The van der Waals surface area contributed by atoms with Crippen molar-refractivity contribution in [3.63, 3.8) is 0 Å². The topological polar surface area (TPSA) is 29.3 Å². The predicted octanol–water partition coefficient (Wildman–Crippen LogP) is 3.18. The Morgan fingerprint density at radius 1 is 1.47 bits per heavy atom. The zero-order valence-corrected chi connectivity index (χ0v) is 12.0. The zero-order valence-electron chi connectivity index (χ0n) is 10.4. The predicted molar refractivity (Wildman–Crippen MR) is 75.9 cm³/mol. The van der Waals surface area contributed by atoms with E-state index in [2.05, 4.69) is 52.0 Å². The average molecular weight is 297 g/mol. The minimum atomic E-state index is 0.512. The van der Waals surface area contributed by atoms with Crippen LogP contribution in [0.5, 0.6) is 0 Å². The molecular formula is C14H21BrN2. The first-order valence-electron chi connectivity index (χ1n) is 6.45. The van der Waals surface area contributed by atoms with E-state index in [1.165, 1.54) is 31.5 Å². The van der Waals surface area contributed by atoms with Gasteiger partial charge in [-0.25, -0.2) is 0 Å². The van der Waals surface area contributed by atoms with E-state index in [-0.39, 0.29) is 0 Å². The second kappa shape index (κ2) is 5.98. The molecule has 94 valence electrons. The van der Waals surface area contributed by atoms with Gasteiger partial charge in [-0.1, -0.05) is 35.0 Å². The van der Waals surface area contributed by atoms with Crippen LogP contribution in [0, 0.1) is 5.92 Å². The van der Waals surface area contributed by atoms with Crippen LogP contribution in [0.25, 0.3) is 0 Å². The van der Waals surface area contributed by atoms with E-state index in [9.17, 15) is 0 Å². The van der Waals surface area contributed by atoms with Crippen LogP contribution in [0.4, 0.5) is 0 Å². The van der Waals surface area contributed by atoms with Gasteiger partial charge < -0.3 is 5.73 Å². The quantitative estimate of drug-likeness (QED) is 0.925. The second-order valence-electron chi connectivity index (χ2n) is 4.82. The number of nitrogens with two attached hydrogens (primary N) is 1. The van der Waals surface area contributed by atoms with Crippen LogP contribution in [0.2, 0.25) is 0 Å². The van der Waals surface area contributed by atoms with Crippen LogP contribution < -0.4 is 5.73 Å². The number of hydrogen-bond donors (Lipinski definition) is 1. The van der Waals surface area contributed by atoms with E-state index in [4.69, 9.17) is 5.73 Å². The third-order valence-corrected chi connectivity index (χ3v) is 4.12. The molecule has 1 aromatic rings. The summed E-state index contributed by atoms with van der Waals surface area (Å²) in [6.07, 6.45) is 2.44. The van der Waals surface area contributed by atoms with Gasteiger partial charge in [0, 0.05) is 10.5 Å². The molecule has 0 spiro atoms. The molecule has 0 saturated carbocycles. The van der Waals surface area contributed by atoms with Crippen LogP contribution >= 0.6 is 15.9 Å². The molecule has 2 nitrogen and oxygen atoms in total. The Hall–Kier alpha value is -0.380. The van der Waals surface area contributed by atoms with Gasteiger partial charge in [0.25, 0.3) is 0 Å². The largest absolute Gasteiger partial charge is 0.330 e. The van der Waals surface area contributed by atoms with E-state index >= 15 is 0 Å². The van der Waals surface area contributed by atoms with E-state index in [0.717, 1.165) is 11.0 Å². The summed E-state index contributed by atoms with van der Waals surface area (Å²) in [5, 5.41) is 0. The van der Waals surface area contributed by atoms with Gasteiger partial charge in [0.2, 0.25) is 0 Å². The molecule has 17 heavy (non-hydrogen) atoms. The third kappa shape index (κ3) is 2.90. The highest BCUT2D eigenvalue weighted by Crippen LogP contribution is 2.37. The van der Waals surface area contributed by atoms with Gasteiger partial charge in [-0.05, 0) is 56.1 Å². The highest BCUT2D eigenvalue weighted by atomic mass is 79.9. The summed E-state index contributed by atoms with van der Waals surface area (Å²) in [4.78, 5) is 2.58. The summed E-state index contributed by atoms with van der Waals surface area (Å²) in [6, 6.07) is 9.18. The van der Waals surface area contributed by atoms with Crippen molar-refractivity contribution in [2.45, 2.75) is 25.8 Å². The molecule has 2 rings (SSSR count). The monoisotopic (exact) mass is 296 g/mol. The molecule has 1 heterocycles. The fraction of sp³-hybridized carbons (Fsp3) is 0.571. The van der Waals surface area contributed by atoms with Crippen molar-refractivity contribution >= 4 is 15.9 Å². The molecule has 2 atom stereocenters. The lowest BCUT2D eigenvalue weighted by atomic mass is 9.94. The SMILES string of the molecule is CCCN1CCC(CN)C1c1cccc(Br)c1. The lowest BCUT2D eigenvalue weighted by Gasteiger charge is -2.28. The van der Waals surface area contributed by atoms with Crippen molar-refractivity contribution in [2.75, 3.05) is 19.6 Å². The Morgan fingerprint density at radius 3 is 2.94 bits per heavy atom. The highest BCUT2D eigenvalue weighted by molar-refractivity contribution is 9.10. The zero-order chi connectivity index (χ0) is 12.3. The molecule has 1 aliphatic heterocycles. The Kier molecular flexibility index (Phi) is 4.60. The molecule has 1 saturated heterocycles. The highest BCUT2D eigenvalue weighted by Gasteiger charge is 2.33. The second-order valence-corrected chi connectivity index (χ2v) is 5.74. The van der Waals surface area contributed by atoms with Crippen molar-refractivity contribution < 1.29 is 0 Å². The lowest BCUT2D eigenvalue weighted by molar-refractivity contribution is 0.230. The Balaban J connectivity index is 2.24. The first-order valence-corrected chi connectivity index (χ1v) is 7.25. The van der Waals surface area contributed by atoms with Gasteiger partial charge in [0.15, 0.2) is 0 Å². The van der Waals surface area contributed by atoms with Crippen LogP contribution in [0.1, 0.15) is 31.4 Å². The number of hydrogen-bond acceptors (Lipinski definition) is 2. The maximum atomic E-state index is 5.92. The van der Waals surface area contributed by atoms with E-state index in [1.54, 1.807) is 0 Å². The molecule has 1 fully saturated rings. The van der Waals surface area contributed by atoms with Crippen LogP contribution in [0.3, 0.4) is 0 Å². The summed E-state index contributed by atoms with van der Waals surface area (Å²) >= 11 is 3.56. The van der Waals surface area contributed by atoms with Gasteiger partial charge in [0.05, 0.1) is 0 Å². The summed E-state index contributed by atoms with van der Waals surface area (Å²) in [5.41, 5.74) is 7.32. The van der Waals surface area contributed by atoms with Crippen LogP contribution in [-0.4, -0.2) is 24.5 Å². The van der Waals surface area contributed by atoms with Crippen LogP contribution in [-0.2, 0) is 0 Å². The van der Waals surface area contributed by atoms with Gasteiger partial charge in [-0.2, -0.15) is 0 Å². The Morgan fingerprint density at radius 2 is 2.29 bits per heavy atom. The van der Waals surface area contributed by atoms with Crippen molar-refractivity contribution in [1.82, 2.24) is 4.90 Å². The minimum absolute atomic E-state index is 0.512. The standard InChI is InChI=1S/C14H21BrN2/c1-2-7-17-8-6-12(10-16)14(17)11-4-3-5-13(15)9-11/h3-5,9,12,14H,2,6-8,10,16H2,1H3. The van der Waals surface area contributed by atoms with Crippen molar-refractivity contribution in [3.05, 3.63) is 34.3 Å². The molecule has 0 aromatic heterocycles. The fourth-order valence-corrected chi connectivity index (χ4v) is 3.30. The molecule has 3 heteroatoms. The summed E-state index contributed by atoms with van der Waals surface area (Å²) in [6.45, 7) is 5.39. The number of benzene rings is 1. The Bertz CT molecular complexity index is 367. The van der Waals surface area contributed by atoms with E-state index in [1.807, 2.05) is 0 Å². The Labute approximate surface area is 112 Å². The molecule has 1 aromatic carbocycles. The third-order valence-electron chi connectivity index (χ3n) is 3.63. The number of likely N-dealkylation sites (tertiary alicyclic amines) is 1. The van der Waals surface area contributed by atoms with Gasteiger partial charge >= 0.3 is 0 Å². The number of nitrogens with zero attached hydrogens (tertiary/aromatic N) is 1. The average Bonchev–Trinajstić information content (AvgIpc) is 2.72. The summed E-state index contributed by atoms with van der Waals surface area (Å²) in [7, 11) is 0. The van der Waals surface area contributed by atoms with E-state index in [0.29, 0.717) is 12.0 Å². The molecule has 2 N–H and O–H groups in total. The van der Waals surface area contributed by atoms with Crippen molar-refractivity contribution in [1.29, 1.82) is 0 Å². The fourth-order valence-electron chi connectivity index (χ4n) is 2.89. The molecule has 0 radical (unpaired) electrons. The molecule has 0 bridgehead atoms. The van der Waals surface area contributed by atoms with Crippen molar-refractivity contribution in [2.24, 2.45) is 11.7 Å². The smallest absolute Gasteiger partial charge is 0.0389 e. The first kappa shape index (κ1) is 13.1. The molecular weight excluding hydrogens is 276 g/mol. The summed E-state index contributed by atoms with van der Waals surface area (Å²) < 4.78 is 1.16. The maximum absolute atomic E-state index is 5.92. The van der Waals surface area contributed by atoms with Crippen molar-refractivity contribution in [3.8, 4) is 0 Å². The minimum Gasteiger partial charge on any atom is -0.330 e. The first-order chi connectivity index (χ1) is 8.26. The van der Waals surface area contributed by atoms with Gasteiger partial charge in [0.1, 0.15) is 0 Å². The van der Waals surface area contributed by atoms with E-state index < -0.39 is 0 Å². The number of halogens is 1. The maximum Gasteiger partial charge on any atom is 0.0389 e. The lowest BCUT2D eigenvalue weighted by Crippen LogP contribution is -2.28. The van der Waals surface area contributed by atoms with Crippen LogP contribution in [0.15, 0.2) is 28.7 Å². The molecule has 1 aliphatic rings. The molecule has 0 aliphatic carbocycles. The summed E-state index contributed by atoms with van der Waals surface area (Å²) in [5.74, 6) is 0.607. The molecule has 2 unspecified atom stereocenters. The molecule has 0 amide bonds. The van der Waals surface area contributed by atoms with Gasteiger partial charge in [-0.15, -0.1) is 0 Å². The van der Waals surface area contributed by atoms with Gasteiger partial charge in [-0.3, -0.25) is 4.90 Å². The number of rotatable bonds is 4.